The van der Waals surface area contributed by atoms with Gasteiger partial charge in [-0.05, 0) is 55.3 Å². The zero-order valence-electron chi connectivity index (χ0n) is 13.9. The van der Waals surface area contributed by atoms with Crippen LogP contribution in [-0.2, 0) is 5.41 Å². The van der Waals surface area contributed by atoms with Gasteiger partial charge in [-0.25, -0.2) is 0 Å². The summed E-state index contributed by atoms with van der Waals surface area (Å²) in [5.41, 5.74) is 2.82. The van der Waals surface area contributed by atoms with Crippen LogP contribution in [0.25, 0.3) is 0 Å². The van der Waals surface area contributed by atoms with Crippen LogP contribution in [0.4, 0.5) is 0 Å². The highest BCUT2D eigenvalue weighted by atomic mass is 35.5. The Bertz CT molecular complexity index is 433. The molecule has 0 aliphatic carbocycles. The quantitative estimate of drug-likeness (QED) is 0.875. The maximum Gasteiger partial charge on any atom is 0.122 e. The molecule has 1 atom stereocenters. The van der Waals surface area contributed by atoms with Gasteiger partial charge in [0.2, 0.25) is 0 Å². The molecule has 1 fully saturated rings. The van der Waals surface area contributed by atoms with Crippen LogP contribution in [0.1, 0.15) is 57.6 Å². The number of hydrogen-bond donors (Lipinski definition) is 1. The summed E-state index contributed by atoms with van der Waals surface area (Å²) >= 11 is 0. The van der Waals surface area contributed by atoms with Crippen molar-refractivity contribution in [2.24, 2.45) is 0 Å². The van der Waals surface area contributed by atoms with Gasteiger partial charge in [0.25, 0.3) is 0 Å². The van der Waals surface area contributed by atoms with E-state index in [9.17, 15) is 0 Å². The highest BCUT2D eigenvalue weighted by molar-refractivity contribution is 5.85. The van der Waals surface area contributed by atoms with E-state index in [4.69, 9.17) is 4.74 Å². The molecule has 1 aromatic rings. The Hall–Kier alpha value is -0.730. The van der Waals surface area contributed by atoms with Crippen molar-refractivity contribution in [3.05, 3.63) is 29.3 Å². The van der Waals surface area contributed by atoms with Crippen molar-refractivity contribution >= 4 is 12.4 Å². The van der Waals surface area contributed by atoms with Gasteiger partial charge in [0, 0.05) is 6.04 Å². The smallest absolute Gasteiger partial charge is 0.122 e. The molecule has 1 aliphatic heterocycles. The molecule has 1 N–H and O–H groups in total. The maximum absolute atomic E-state index is 5.97. The molecule has 3 heteroatoms. The van der Waals surface area contributed by atoms with Crippen LogP contribution in [0, 0.1) is 6.92 Å². The number of hydrogen-bond acceptors (Lipinski definition) is 2. The fourth-order valence-electron chi connectivity index (χ4n) is 2.76. The zero-order chi connectivity index (χ0) is 14.6. The summed E-state index contributed by atoms with van der Waals surface area (Å²) in [6.45, 7) is 10.9. The molecule has 1 heterocycles. The van der Waals surface area contributed by atoms with Gasteiger partial charge in [-0.2, -0.15) is 0 Å². The van der Waals surface area contributed by atoms with E-state index >= 15 is 0 Å². The first-order chi connectivity index (χ1) is 9.47. The van der Waals surface area contributed by atoms with Crippen LogP contribution >= 0.6 is 12.4 Å². The number of ether oxygens (including phenoxy) is 1. The first-order valence-corrected chi connectivity index (χ1v) is 7.94. The molecule has 1 unspecified atom stereocenters. The maximum atomic E-state index is 5.97. The highest BCUT2D eigenvalue weighted by Crippen LogP contribution is 2.27. The van der Waals surface area contributed by atoms with E-state index in [-0.39, 0.29) is 17.8 Å². The topological polar surface area (TPSA) is 21.3 Å². The number of rotatable bonds is 4. The molecular weight excluding hydrogens is 282 g/mol. The predicted molar refractivity (Wildman–Crippen MR) is 92.9 cm³/mol. The van der Waals surface area contributed by atoms with Crippen LogP contribution < -0.4 is 10.1 Å². The Kier molecular flexibility index (Phi) is 7.02. The van der Waals surface area contributed by atoms with Crippen LogP contribution in [0.3, 0.4) is 0 Å². The molecule has 1 aliphatic rings. The lowest BCUT2D eigenvalue weighted by atomic mass is 9.86. The average molecular weight is 312 g/mol. The SMILES string of the molecule is Cc1cc(C(C)(C)C)ccc1OCCC1CCCCN1.Cl. The van der Waals surface area contributed by atoms with Gasteiger partial charge >= 0.3 is 0 Å². The Morgan fingerprint density at radius 2 is 2.00 bits per heavy atom. The Balaban J connectivity index is 0.00000220. The van der Waals surface area contributed by atoms with Gasteiger partial charge < -0.3 is 10.1 Å². The van der Waals surface area contributed by atoms with Crippen molar-refractivity contribution in [2.75, 3.05) is 13.2 Å². The van der Waals surface area contributed by atoms with Crippen molar-refractivity contribution < 1.29 is 4.74 Å². The monoisotopic (exact) mass is 311 g/mol. The molecule has 21 heavy (non-hydrogen) atoms. The summed E-state index contributed by atoms with van der Waals surface area (Å²) in [6, 6.07) is 7.23. The molecule has 0 amide bonds. The fourth-order valence-corrected chi connectivity index (χ4v) is 2.76. The van der Waals surface area contributed by atoms with E-state index in [0.717, 1.165) is 18.8 Å². The van der Waals surface area contributed by atoms with Crippen molar-refractivity contribution in [3.63, 3.8) is 0 Å². The minimum Gasteiger partial charge on any atom is -0.493 e. The van der Waals surface area contributed by atoms with E-state index < -0.39 is 0 Å². The number of aryl methyl sites for hydroxylation is 1. The predicted octanol–water partition coefficient (Wildman–Crippen LogP) is 4.63. The Morgan fingerprint density at radius 3 is 2.57 bits per heavy atom. The Labute approximate surface area is 136 Å². The molecule has 1 aromatic carbocycles. The van der Waals surface area contributed by atoms with Gasteiger partial charge in [0.1, 0.15) is 5.75 Å². The molecule has 0 saturated carbocycles. The lowest BCUT2D eigenvalue weighted by Gasteiger charge is -2.24. The van der Waals surface area contributed by atoms with Gasteiger partial charge in [-0.15, -0.1) is 12.4 Å². The van der Waals surface area contributed by atoms with E-state index in [2.05, 4.69) is 51.2 Å². The summed E-state index contributed by atoms with van der Waals surface area (Å²) in [5.74, 6) is 1.04. The minimum atomic E-state index is 0. The second-order valence-corrected chi connectivity index (χ2v) is 7.01. The van der Waals surface area contributed by atoms with Crippen LogP contribution in [0.15, 0.2) is 18.2 Å². The summed E-state index contributed by atoms with van der Waals surface area (Å²) < 4.78 is 5.97. The largest absolute Gasteiger partial charge is 0.493 e. The third kappa shape index (κ3) is 5.52. The molecule has 1 saturated heterocycles. The summed E-state index contributed by atoms with van der Waals surface area (Å²) in [6.07, 6.45) is 5.09. The summed E-state index contributed by atoms with van der Waals surface area (Å²) in [4.78, 5) is 0. The third-order valence-electron chi connectivity index (χ3n) is 4.18. The lowest BCUT2D eigenvalue weighted by Crippen LogP contribution is -2.35. The van der Waals surface area contributed by atoms with Crippen LogP contribution in [0.5, 0.6) is 5.75 Å². The molecule has 2 rings (SSSR count). The average Bonchev–Trinajstić information content (AvgIpc) is 2.40. The molecule has 0 aromatic heterocycles. The standard InChI is InChI=1S/C18H29NO.ClH/c1-14-13-15(18(2,3)4)8-9-17(14)20-12-10-16-7-5-6-11-19-16;/h8-9,13,16,19H,5-7,10-12H2,1-4H3;1H. The van der Waals surface area contributed by atoms with Crippen molar-refractivity contribution in [1.29, 1.82) is 0 Å². The number of benzene rings is 1. The number of halogens is 1. The second-order valence-electron chi connectivity index (χ2n) is 7.01. The van der Waals surface area contributed by atoms with Crippen molar-refractivity contribution in [2.45, 2.75) is 64.8 Å². The van der Waals surface area contributed by atoms with Gasteiger partial charge in [0.15, 0.2) is 0 Å². The van der Waals surface area contributed by atoms with Crippen LogP contribution in [-0.4, -0.2) is 19.2 Å². The van der Waals surface area contributed by atoms with Gasteiger partial charge in [-0.1, -0.05) is 39.3 Å². The Morgan fingerprint density at radius 1 is 1.24 bits per heavy atom. The molecule has 120 valence electrons. The lowest BCUT2D eigenvalue weighted by molar-refractivity contribution is 0.267. The fraction of sp³-hybridized carbons (Fsp3) is 0.667. The molecular formula is C18H30ClNO. The summed E-state index contributed by atoms with van der Waals surface area (Å²) in [5, 5.41) is 3.57. The van der Waals surface area contributed by atoms with E-state index in [0.29, 0.717) is 6.04 Å². The summed E-state index contributed by atoms with van der Waals surface area (Å²) in [7, 11) is 0. The second kappa shape index (κ2) is 8.05. The first-order valence-electron chi connectivity index (χ1n) is 7.94. The zero-order valence-corrected chi connectivity index (χ0v) is 14.7. The normalized spacial score (nSPS) is 19.0. The van der Waals surface area contributed by atoms with Crippen molar-refractivity contribution in [1.82, 2.24) is 5.32 Å². The first kappa shape index (κ1) is 18.3. The van der Waals surface area contributed by atoms with Gasteiger partial charge in [0.05, 0.1) is 6.61 Å². The van der Waals surface area contributed by atoms with Crippen molar-refractivity contribution in [3.8, 4) is 5.75 Å². The van der Waals surface area contributed by atoms with E-state index in [1.165, 1.54) is 36.9 Å². The minimum absolute atomic E-state index is 0. The van der Waals surface area contributed by atoms with Gasteiger partial charge in [-0.3, -0.25) is 0 Å². The van der Waals surface area contributed by atoms with E-state index in [1.54, 1.807) is 0 Å². The highest BCUT2D eigenvalue weighted by Gasteiger charge is 2.15. The molecule has 2 nitrogen and oxygen atoms in total. The molecule has 0 bridgehead atoms. The number of nitrogens with one attached hydrogen (secondary N) is 1. The molecule has 0 spiro atoms. The molecule has 0 radical (unpaired) electrons. The van der Waals surface area contributed by atoms with Crippen LogP contribution in [0.2, 0.25) is 0 Å². The number of piperidine rings is 1. The van der Waals surface area contributed by atoms with E-state index in [1.807, 2.05) is 0 Å². The third-order valence-corrected chi connectivity index (χ3v) is 4.18.